The number of carbonyl (C=O) groups excluding carboxylic acids is 1. The number of nitrogens with zero attached hydrogens (tertiary/aromatic N) is 4. The van der Waals surface area contributed by atoms with E-state index in [1.807, 2.05) is 37.8 Å². The first kappa shape index (κ1) is 17.5. The van der Waals surface area contributed by atoms with Crippen LogP contribution in [0.4, 0.5) is 10.6 Å². The van der Waals surface area contributed by atoms with E-state index in [2.05, 4.69) is 16.0 Å². The first-order valence-electron chi connectivity index (χ1n) is 8.89. The minimum Gasteiger partial charge on any atom is -0.444 e. The maximum atomic E-state index is 12.2. The largest absolute Gasteiger partial charge is 0.444 e. The first-order valence-corrected chi connectivity index (χ1v) is 8.89. The number of ether oxygens (including phenoxy) is 1. The highest BCUT2D eigenvalue weighted by atomic mass is 16.6. The van der Waals surface area contributed by atoms with Crippen molar-refractivity contribution in [1.29, 1.82) is 5.26 Å². The number of anilines is 1. The second kappa shape index (κ2) is 6.55. The Morgan fingerprint density at radius 1 is 1.24 bits per heavy atom. The summed E-state index contributed by atoms with van der Waals surface area (Å²) in [6, 6.07) is 5.84. The van der Waals surface area contributed by atoms with Gasteiger partial charge in [0.25, 0.3) is 0 Å². The van der Waals surface area contributed by atoms with Crippen molar-refractivity contribution in [3.63, 3.8) is 0 Å². The molecular formula is C19H26N4O2. The van der Waals surface area contributed by atoms with Crippen LogP contribution in [-0.2, 0) is 4.74 Å². The van der Waals surface area contributed by atoms with Gasteiger partial charge in [0.15, 0.2) is 0 Å². The van der Waals surface area contributed by atoms with E-state index in [4.69, 9.17) is 10.00 Å². The van der Waals surface area contributed by atoms with Gasteiger partial charge in [0.1, 0.15) is 17.5 Å². The van der Waals surface area contributed by atoms with Crippen LogP contribution < -0.4 is 4.90 Å². The molecule has 6 nitrogen and oxygen atoms in total. The van der Waals surface area contributed by atoms with Crippen molar-refractivity contribution in [2.24, 2.45) is 5.41 Å². The maximum Gasteiger partial charge on any atom is 0.410 e. The lowest BCUT2D eigenvalue weighted by Crippen LogP contribution is -2.46. The van der Waals surface area contributed by atoms with Gasteiger partial charge in [-0.2, -0.15) is 5.26 Å². The minimum atomic E-state index is -0.447. The standard InChI is InChI=1S/C19H26N4O2/c1-18(2,3)25-17(24)22-9-6-19(7-10-22)8-11-23(14-19)16-5-4-15(12-20)13-21-16/h4-5,13H,6-11,14H2,1-3H3. The molecule has 25 heavy (non-hydrogen) atoms. The molecule has 1 amide bonds. The zero-order chi connectivity index (χ0) is 18.1. The van der Waals surface area contributed by atoms with E-state index in [1.54, 1.807) is 6.20 Å². The zero-order valence-corrected chi connectivity index (χ0v) is 15.3. The molecule has 0 unspecified atom stereocenters. The molecule has 2 saturated heterocycles. The molecule has 2 fully saturated rings. The van der Waals surface area contributed by atoms with Gasteiger partial charge in [0.2, 0.25) is 0 Å². The lowest BCUT2D eigenvalue weighted by Gasteiger charge is -2.39. The third kappa shape index (κ3) is 4.04. The van der Waals surface area contributed by atoms with Crippen LogP contribution in [0.1, 0.15) is 45.6 Å². The van der Waals surface area contributed by atoms with Crippen molar-refractivity contribution in [1.82, 2.24) is 9.88 Å². The molecule has 0 aromatic carbocycles. The van der Waals surface area contributed by atoms with Crippen molar-refractivity contribution < 1.29 is 9.53 Å². The number of aromatic nitrogens is 1. The summed E-state index contributed by atoms with van der Waals surface area (Å²) >= 11 is 0. The Morgan fingerprint density at radius 3 is 2.48 bits per heavy atom. The Bertz CT molecular complexity index is 664. The lowest BCUT2D eigenvalue weighted by molar-refractivity contribution is 0.0122. The predicted molar refractivity (Wildman–Crippen MR) is 95.3 cm³/mol. The fraction of sp³-hybridized carbons (Fsp3) is 0.632. The summed E-state index contributed by atoms with van der Waals surface area (Å²) in [4.78, 5) is 20.8. The Labute approximate surface area is 149 Å². The predicted octanol–water partition coefficient (Wildman–Crippen LogP) is 3.18. The summed E-state index contributed by atoms with van der Waals surface area (Å²) in [6.45, 7) is 9.15. The van der Waals surface area contributed by atoms with Gasteiger partial charge >= 0.3 is 6.09 Å². The average Bonchev–Trinajstić information content (AvgIpc) is 2.98. The van der Waals surface area contributed by atoms with Gasteiger partial charge in [-0.05, 0) is 57.6 Å². The van der Waals surface area contributed by atoms with E-state index in [-0.39, 0.29) is 11.5 Å². The number of hydrogen-bond donors (Lipinski definition) is 0. The maximum absolute atomic E-state index is 12.2. The number of carbonyl (C=O) groups is 1. The molecule has 1 spiro atoms. The molecule has 3 heterocycles. The van der Waals surface area contributed by atoms with E-state index in [0.717, 1.165) is 51.3 Å². The number of nitriles is 1. The fourth-order valence-corrected chi connectivity index (χ4v) is 3.67. The first-order chi connectivity index (χ1) is 11.8. The molecule has 134 valence electrons. The minimum absolute atomic E-state index is 0.203. The second-order valence-corrected chi connectivity index (χ2v) is 8.16. The van der Waals surface area contributed by atoms with Crippen LogP contribution in [0.25, 0.3) is 0 Å². The van der Waals surface area contributed by atoms with Crippen LogP contribution in [0.2, 0.25) is 0 Å². The van der Waals surface area contributed by atoms with E-state index < -0.39 is 5.60 Å². The van der Waals surface area contributed by atoms with Crippen molar-refractivity contribution >= 4 is 11.9 Å². The normalized spacial score (nSPS) is 19.8. The van der Waals surface area contributed by atoms with Crippen LogP contribution in [0.5, 0.6) is 0 Å². The molecule has 0 radical (unpaired) electrons. The number of piperidine rings is 1. The highest BCUT2D eigenvalue weighted by Crippen LogP contribution is 2.41. The number of rotatable bonds is 1. The third-order valence-electron chi connectivity index (χ3n) is 5.12. The molecule has 0 aliphatic carbocycles. The molecule has 2 aliphatic heterocycles. The molecule has 0 saturated carbocycles. The van der Waals surface area contributed by atoms with Gasteiger partial charge in [0, 0.05) is 32.4 Å². The zero-order valence-electron chi connectivity index (χ0n) is 15.3. The van der Waals surface area contributed by atoms with Crippen LogP contribution in [0, 0.1) is 16.7 Å². The average molecular weight is 342 g/mol. The highest BCUT2D eigenvalue weighted by molar-refractivity contribution is 5.68. The van der Waals surface area contributed by atoms with Crippen molar-refractivity contribution in [2.75, 3.05) is 31.1 Å². The lowest BCUT2D eigenvalue weighted by atomic mass is 9.78. The molecule has 6 heteroatoms. The van der Waals surface area contributed by atoms with Gasteiger partial charge in [-0.15, -0.1) is 0 Å². The molecule has 0 bridgehead atoms. The van der Waals surface area contributed by atoms with E-state index in [9.17, 15) is 4.79 Å². The summed E-state index contributed by atoms with van der Waals surface area (Å²) in [5.41, 5.74) is 0.398. The smallest absolute Gasteiger partial charge is 0.410 e. The number of amides is 1. The van der Waals surface area contributed by atoms with Crippen LogP contribution in [0.15, 0.2) is 18.3 Å². The van der Waals surface area contributed by atoms with Gasteiger partial charge in [-0.3, -0.25) is 0 Å². The van der Waals surface area contributed by atoms with Crippen molar-refractivity contribution in [3.8, 4) is 6.07 Å². The van der Waals surface area contributed by atoms with Crippen molar-refractivity contribution in [3.05, 3.63) is 23.9 Å². The fourth-order valence-electron chi connectivity index (χ4n) is 3.67. The van der Waals surface area contributed by atoms with Crippen molar-refractivity contribution in [2.45, 2.75) is 45.6 Å². The Hall–Kier alpha value is -2.29. The Kier molecular flexibility index (Phi) is 4.59. The van der Waals surface area contributed by atoms with Crippen LogP contribution >= 0.6 is 0 Å². The molecule has 2 aliphatic rings. The van der Waals surface area contributed by atoms with Gasteiger partial charge in [0.05, 0.1) is 5.56 Å². The summed E-state index contributed by atoms with van der Waals surface area (Å²) < 4.78 is 5.48. The van der Waals surface area contributed by atoms with Crippen LogP contribution in [0.3, 0.4) is 0 Å². The highest BCUT2D eigenvalue weighted by Gasteiger charge is 2.42. The summed E-state index contributed by atoms with van der Waals surface area (Å²) in [5.74, 6) is 0.936. The van der Waals surface area contributed by atoms with Crippen LogP contribution in [-0.4, -0.2) is 47.8 Å². The second-order valence-electron chi connectivity index (χ2n) is 8.16. The van der Waals surface area contributed by atoms with E-state index in [1.165, 1.54) is 0 Å². The summed E-state index contributed by atoms with van der Waals surface area (Å²) in [6.07, 6.45) is 4.55. The molecular weight excluding hydrogens is 316 g/mol. The van der Waals surface area contributed by atoms with Gasteiger partial charge in [-0.25, -0.2) is 9.78 Å². The summed E-state index contributed by atoms with van der Waals surface area (Å²) in [5, 5.41) is 8.89. The Balaban J connectivity index is 1.57. The van der Waals surface area contributed by atoms with E-state index >= 15 is 0 Å². The van der Waals surface area contributed by atoms with Gasteiger partial charge in [-0.1, -0.05) is 0 Å². The summed E-state index contributed by atoms with van der Waals surface area (Å²) in [7, 11) is 0. The Morgan fingerprint density at radius 2 is 1.92 bits per heavy atom. The third-order valence-corrected chi connectivity index (χ3v) is 5.12. The topological polar surface area (TPSA) is 69.5 Å². The monoisotopic (exact) mass is 342 g/mol. The molecule has 1 aromatic heterocycles. The van der Waals surface area contributed by atoms with E-state index in [0.29, 0.717) is 5.56 Å². The SMILES string of the molecule is CC(C)(C)OC(=O)N1CCC2(CC1)CCN(c1ccc(C#N)cn1)C2. The van der Waals surface area contributed by atoms with Gasteiger partial charge < -0.3 is 14.5 Å². The molecule has 3 rings (SSSR count). The number of pyridine rings is 1. The molecule has 0 atom stereocenters. The number of hydrogen-bond acceptors (Lipinski definition) is 5. The number of likely N-dealkylation sites (tertiary alicyclic amines) is 1. The quantitative estimate of drug-likeness (QED) is 0.784. The molecule has 1 aromatic rings. The molecule has 0 N–H and O–H groups in total.